The van der Waals surface area contributed by atoms with E-state index >= 15 is 0 Å². The zero-order valence-corrected chi connectivity index (χ0v) is 16.8. The number of rotatable bonds is 7. The van der Waals surface area contributed by atoms with E-state index in [2.05, 4.69) is 5.32 Å². The summed E-state index contributed by atoms with van der Waals surface area (Å²) in [6.07, 6.45) is -0.0286. The zero-order chi connectivity index (χ0) is 22.5. The molecule has 0 aliphatic heterocycles. The number of primary amides is 1. The number of nitrogens with two attached hydrogens (primary N) is 1. The first-order chi connectivity index (χ1) is 14.8. The maximum Gasteiger partial charge on any atom is 0.336 e. The van der Waals surface area contributed by atoms with Gasteiger partial charge in [-0.3, -0.25) is 14.4 Å². The predicted octanol–water partition coefficient (Wildman–Crippen LogP) is 1.55. The molecule has 1 atom stereocenters. The molecular weight excluding hydrogens is 404 g/mol. The molecule has 1 heterocycles. The van der Waals surface area contributed by atoms with E-state index in [1.165, 1.54) is 44.4 Å². The van der Waals surface area contributed by atoms with Gasteiger partial charge < -0.3 is 24.9 Å². The summed E-state index contributed by atoms with van der Waals surface area (Å²) in [6.45, 7) is 1.24. The molecule has 0 radical (unpaired) electrons. The van der Waals surface area contributed by atoms with Gasteiger partial charge in [0.1, 0.15) is 23.1 Å². The van der Waals surface area contributed by atoms with Gasteiger partial charge in [-0.1, -0.05) is 6.07 Å². The quantitative estimate of drug-likeness (QED) is 0.333. The number of ether oxygens (including phenoxy) is 2. The van der Waals surface area contributed by atoms with Gasteiger partial charge in [-0.05, 0) is 35.9 Å². The third kappa shape index (κ3) is 5.27. The molecule has 0 fully saturated rings. The van der Waals surface area contributed by atoms with Crippen molar-refractivity contribution in [2.24, 2.45) is 5.73 Å². The first-order valence-corrected chi connectivity index (χ1v) is 9.26. The number of hydrogen-bond acceptors (Lipinski definition) is 7. The van der Waals surface area contributed by atoms with Crippen LogP contribution in [0, 0.1) is 0 Å². The van der Waals surface area contributed by atoms with Gasteiger partial charge >= 0.3 is 11.6 Å². The van der Waals surface area contributed by atoms with E-state index in [9.17, 15) is 19.2 Å². The lowest BCUT2D eigenvalue weighted by Crippen LogP contribution is -2.46. The molecule has 0 saturated heterocycles. The molecular formula is C22H20N2O7. The van der Waals surface area contributed by atoms with Gasteiger partial charge in [-0.25, -0.2) is 4.79 Å². The van der Waals surface area contributed by atoms with Gasteiger partial charge in [0.2, 0.25) is 5.91 Å². The summed E-state index contributed by atoms with van der Waals surface area (Å²) in [5.41, 5.74) is 5.81. The minimum Gasteiger partial charge on any atom is -0.497 e. The summed E-state index contributed by atoms with van der Waals surface area (Å²) < 4.78 is 15.3. The highest BCUT2D eigenvalue weighted by Crippen LogP contribution is 2.23. The monoisotopic (exact) mass is 424 g/mol. The molecule has 2 amide bonds. The van der Waals surface area contributed by atoms with Crippen LogP contribution in [-0.4, -0.2) is 30.9 Å². The molecule has 0 saturated carbocycles. The standard InChI is InChI=1S/C22H20N2O7/c1-12(25)30-16-5-3-4-13(8-16)22(28)24-18(21(23)27)9-14-10-20(26)31-19-11-15(29-2)6-7-17(14)19/h3-8,10-11,18H,9H2,1-2H3,(H2,23,27)(H,24,28)/t18-/m1/s1. The predicted molar refractivity (Wildman–Crippen MR) is 111 cm³/mol. The van der Waals surface area contributed by atoms with Crippen molar-refractivity contribution >= 4 is 28.8 Å². The van der Waals surface area contributed by atoms with Crippen LogP contribution in [-0.2, 0) is 16.0 Å². The Bertz CT molecular complexity index is 1220. The van der Waals surface area contributed by atoms with E-state index in [1.807, 2.05) is 0 Å². The molecule has 0 aliphatic carbocycles. The van der Waals surface area contributed by atoms with Crippen LogP contribution in [0.5, 0.6) is 11.5 Å². The van der Waals surface area contributed by atoms with Gasteiger partial charge in [0.15, 0.2) is 0 Å². The van der Waals surface area contributed by atoms with Gasteiger partial charge in [-0.2, -0.15) is 0 Å². The fourth-order valence-electron chi connectivity index (χ4n) is 3.06. The summed E-state index contributed by atoms with van der Waals surface area (Å²) in [7, 11) is 1.48. The van der Waals surface area contributed by atoms with Gasteiger partial charge in [-0.15, -0.1) is 0 Å². The van der Waals surface area contributed by atoms with Crippen molar-refractivity contribution in [2.45, 2.75) is 19.4 Å². The molecule has 0 unspecified atom stereocenters. The van der Waals surface area contributed by atoms with Crippen LogP contribution in [0.2, 0.25) is 0 Å². The van der Waals surface area contributed by atoms with Crippen molar-refractivity contribution in [3.05, 3.63) is 70.1 Å². The largest absolute Gasteiger partial charge is 0.497 e. The van der Waals surface area contributed by atoms with Crippen LogP contribution in [0.1, 0.15) is 22.8 Å². The second-order valence-electron chi connectivity index (χ2n) is 6.71. The topological polar surface area (TPSA) is 138 Å². The van der Waals surface area contributed by atoms with E-state index in [1.54, 1.807) is 18.2 Å². The Morgan fingerprint density at radius 1 is 1.10 bits per heavy atom. The van der Waals surface area contributed by atoms with Crippen LogP contribution >= 0.6 is 0 Å². The van der Waals surface area contributed by atoms with Crippen molar-refractivity contribution in [1.29, 1.82) is 0 Å². The lowest BCUT2D eigenvalue weighted by atomic mass is 10.0. The Morgan fingerprint density at radius 2 is 1.87 bits per heavy atom. The summed E-state index contributed by atoms with van der Waals surface area (Å²) in [5, 5.41) is 3.14. The van der Waals surface area contributed by atoms with Crippen molar-refractivity contribution in [2.75, 3.05) is 7.11 Å². The van der Waals surface area contributed by atoms with Crippen molar-refractivity contribution in [3.63, 3.8) is 0 Å². The minimum absolute atomic E-state index is 0.0286. The molecule has 160 valence electrons. The number of methoxy groups -OCH3 is 1. The zero-order valence-electron chi connectivity index (χ0n) is 16.8. The molecule has 0 spiro atoms. The first kappa shape index (κ1) is 21.6. The number of benzene rings is 2. The molecule has 0 aliphatic rings. The highest BCUT2D eigenvalue weighted by atomic mass is 16.5. The molecule has 1 aromatic heterocycles. The Morgan fingerprint density at radius 3 is 2.55 bits per heavy atom. The normalized spacial score (nSPS) is 11.5. The summed E-state index contributed by atoms with van der Waals surface area (Å²) >= 11 is 0. The fraction of sp³-hybridized carbons (Fsp3) is 0.182. The lowest BCUT2D eigenvalue weighted by Gasteiger charge is -2.17. The molecule has 9 heteroatoms. The molecule has 3 rings (SSSR count). The van der Waals surface area contributed by atoms with E-state index in [4.69, 9.17) is 19.6 Å². The van der Waals surface area contributed by atoms with Gasteiger partial charge in [0.05, 0.1) is 7.11 Å². The molecule has 2 aromatic carbocycles. The number of hydrogen-bond donors (Lipinski definition) is 2. The highest BCUT2D eigenvalue weighted by molar-refractivity contribution is 5.98. The van der Waals surface area contributed by atoms with Crippen LogP contribution in [0.3, 0.4) is 0 Å². The average molecular weight is 424 g/mol. The Labute approximate surface area is 176 Å². The van der Waals surface area contributed by atoms with E-state index in [0.29, 0.717) is 16.7 Å². The van der Waals surface area contributed by atoms with Crippen LogP contribution in [0.4, 0.5) is 0 Å². The lowest BCUT2D eigenvalue weighted by molar-refractivity contribution is -0.131. The number of nitrogens with one attached hydrogen (secondary N) is 1. The van der Waals surface area contributed by atoms with Crippen LogP contribution < -0.4 is 26.1 Å². The van der Waals surface area contributed by atoms with E-state index in [-0.39, 0.29) is 23.3 Å². The Balaban J connectivity index is 1.87. The van der Waals surface area contributed by atoms with Crippen molar-refractivity contribution in [1.82, 2.24) is 5.32 Å². The maximum absolute atomic E-state index is 12.6. The second-order valence-corrected chi connectivity index (χ2v) is 6.71. The van der Waals surface area contributed by atoms with Gasteiger partial charge in [0.25, 0.3) is 5.91 Å². The third-order valence-electron chi connectivity index (χ3n) is 4.47. The van der Waals surface area contributed by atoms with Crippen LogP contribution in [0.25, 0.3) is 11.0 Å². The number of fused-ring (bicyclic) bond motifs is 1. The highest BCUT2D eigenvalue weighted by Gasteiger charge is 2.22. The minimum atomic E-state index is -1.10. The molecule has 9 nitrogen and oxygen atoms in total. The summed E-state index contributed by atoms with van der Waals surface area (Å²) in [5.74, 6) is -1.21. The fourth-order valence-corrected chi connectivity index (χ4v) is 3.06. The molecule has 3 aromatic rings. The molecule has 0 bridgehead atoms. The van der Waals surface area contributed by atoms with E-state index in [0.717, 1.165) is 0 Å². The number of carbonyl (C=O) groups is 3. The number of carbonyl (C=O) groups excluding carboxylic acids is 3. The molecule has 31 heavy (non-hydrogen) atoms. The second kappa shape index (κ2) is 9.12. The SMILES string of the molecule is COc1ccc2c(C[C@@H](NC(=O)c3cccc(OC(C)=O)c3)C(N)=O)cc(=O)oc2c1. The van der Waals surface area contributed by atoms with Crippen molar-refractivity contribution < 1.29 is 28.3 Å². The van der Waals surface area contributed by atoms with Gasteiger partial charge in [0, 0.05) is 36.4 Å². The average Bonchev–Trinajstić information content (AvgIpc) is 2.72. The Hall–Kier alpha value is -4.14. The smallest absolute Gasteiger partial charge is 0.336 e. The number of amides is 2. The summed E-state index contributed by atoms with van der Waals surface area (Å²) in [6, 6.07) is 11.0. The first-order valence-electron chi connectivity index (χ1n) is 9.26. The van der Waals surface area contributed by atoms with E-state index < -0.39 is 29.5 Å². The van der Waals surface area contributed by atoms with Crippen LogP contribution in [0.15, 0.2) is 57.7 Å². The molecule has 3 N–H and O–H groups in total. The maximum atomic E-state index is 12.6. The van der Waals surface area contributed by atoms with Crippen molar-refractivity contribution in [3.8, 4) is 11.5 Å². The number of esters is 1. The third-order valence-corrected chi connectivity index (χ3v) is 4.47. The summed E-state index contributed by atoms with van der Waals surface area (Å²) in [4.78, 5) is 47.8. The Kier molecular flexibility index (Phi) is 6.35.